The van der Waals surface area contributed by atoms with Crippen LogP contribution < -0.4 is 21.5 Å². The lowest BCUT2D eigenvalue weighted by Gasteiger charge is -2.08. The zero-order valence-corrected chi connectivity index (χ0v) is 10.8. The summed E-state index contributed by atoms with van der Waals surface area (Å²) in [5.41, 5.74) is 12.1. The first-order valence-corrected chi connectivity index (χ1v) is 6.85. The first-order chi connectivity index (χ1) is 8.35. The Kier molecular flexibility index (Phi) is 4.51. The summed E-state index contributed by atoms with van der Waals surface area (Å²) >= 11 is 0. The van der Waals surface area contributed by atoms with E-state index in [0.717, 1.165) is 0 Å². The topological polar surface area (TPSA) is 127 Å². The maximum Gasteiger partial charge on any atom is 0.253 e. The molecule has 100 valence electrons. The number of benzene rings is 1. The molecular weight excluding hydrogens is 256 g/mol. The van der Waals surface area contributed by atoms with E-state index in [1.165, 1.54) is 19.2 Å². The Balaban J connectivity index is 2.61. The summed E-state index contributed by atoms with van der Waals surface area (Å²) in [5.74, 6) is -0.622. The van der Waals surface area contributed by atoms with E-state index >= 15 is 0 Å². The van der Waals surface area contributed by atoms with Gasteiger partial charge in [0.25, 0.3) is 5.91 Å². The number of sulfonamides is 1. The number of amides is 1. The van der Waals surface area contributed by atoms with Crippen molar-refractivity contribution in [2.75, 3.05) is 30.8 Å². The molecule has 0 saturated carbocycles. The third kappa shape index (κ3) is 3.90. The minimum atomic E-state index is -3.33. The van der Waals surface area contributed by atoms with Crippen molar-refractivity contribution in [2.45, 2.75) is 0 Å². The molecule has 0 unspecified atom stereocenters. The Morgan fingerprint density at radius 3 is 2.56 bits per heavy atom. The highest BCUT2D eigenvalue weighted by molar-refractivity contribution is 7.89. The van der Waals surface area contributed by atoms with Crippen LogP contribution in [0.2, 0.25) is 0 Å². The third-order valence-corrected chi connectivity index (χ3v) is 3.65. The number of nitrogens with one attached hydrogen (secondary N) is 2. The SMILES string of the molecule is CNS(=O)(=O)CCNC(=O)c1ccc(N)cc1N. The van der Waals surface area contributed by atoms with Crippen LogP contribution >= 0.6 is 0 Å². The Bertz CT molecular complexity index is 542. The van der Waals surface area contributed by atoms with Crippen LogP contribution in [0.5, 0.6) is 0 Å². The highest BCUT2D eigenvalue weighted by Crippen LogP contribution is 2.15. The van der Waals surface area contributed by atoms with Crippen LogP contribution in [0.15, 0.2) is 18.2 Å². The summed E-state index contributed by atoms with van der Waals surface area (Å²) in [6, 6.07) is 4.52. The van der Waals surface area contributed by atoms with Gasteiger partial charge in [-0.25, -0.2) is 13.1 Å². The van der Waals surface area contributed by atoms with E-state index in [1.54, 1.807) is 6.07 Å². The van der Waals surface area contributed by atoms with Gasteiger partial charge in [0.05, 0.1) is 11.3 Å². The fraction of sp³-hybridized carbons (Fsp3) is 0.300. The molecule has 1 aromatic carbocycles. The van der Waals surface area contributed by atoms with E-state index in [4.69, 9.17) is 11.5 Å². The largest absolute Gasteiger partial charge is 0.399 e. The van der Waals surface area contributed by atoms with Gasteiger partial charge in [-0.15, -0.1) is 0 Å². The van der Waals surface area contributed by atoms with E-state index in [0.29, 0.717) is 5.69 Å². The Morgan fingerprint density at radius 2 is 2.00 bits per heavy atom. The van der Waals surface area contributed by atoms with Gasteiger partial charge in [0.15, 0.2) is 0 Å². The molecule has 0 aliphatic heterocycles. The molecule has 0 aliphatic rings. The van der Waals surface area contributed by atoms with Crippen molar-refractivity contribution in [3.8, 4) is 0 Å². The van der Waals surface area contributed by atoms with Crippen LogP contribution in [0.3, 0.4) is 0 Å². The predicted octanol–water partition coefficient (Wildman–Crippen LogP) is -0.870. The molecular formula is C10H16N4O3S. The van der Waals surface area contributed by atoms with E-state index in [-0.39, 0.29) is 23.5 Å². The lowest BCUT2D eigenvalue weighted by Crippen LogP contribution is -2.33. The molecule has 0 saturated heterocycles. The van der Waals surface area contributed by atoms with Crippen LogP contribution in [-0.2, 0) is 10.0 Å². The molecule has 8 heteroatoms. The van der Waals surface area contributed by atoms with Gasteiger partial charge >= 0.3 is 0 Å². The quantitative estimate of drug-likeness (QED) is 0.518. The van der Waals surface area contributed by atoms with Crippen molar-refractivity contribution in [3.63, 3.8) is 0 Å². The molecule has 7 nitrogen and oxygen atoms in total. The van der Waals surface area contributed by atoms with Gasteiger partial charge in [-0.1, -0.05) is 0 Å². The molecule has 0 heterocycles. The highest BCUT2D eigenvalue weighted by Gasteiger charge is 2.11. The summed E-state index contributed by atoms with van der Waals surface area (Å²) < 4.78 is 24.4. The summed E-state index contributed by atoms with van der Waals surface area (Å²) in [6.07, 6.45) is 0. The van der Waals surface area contributed by atoms with Crippen molar-refractivity contribution in [2.24, 2.45) is 0 Å². The second-order valence-electron chi connectivity index (χ2n) is 3.63. The van der Waals surface area contributed by atoms with Gasteiger partial charge in [-0.05, 0) is 25.2 Å². The number of carbonyl (C=O) groups excluding carboxylic acids is 1. The molecule has 0 spiro atoms. The molecule has 1 aromatic rings. The highest BCUT2D eigenvalue weighted by atomic mass is 32.2. The lowest BCUT2D eigenvalue weighted by molar-refractivity contribution is 0.0957. The maximum absolute atomic E-state index is 11.7. The van der Waals surface area contributed by atoms with Crippen LogP contribution in [0, 0.1) is 0 Å². The molecule has 6 N–H and O–H groups in total. The van der Waals surface area contributed by atoms with Crippen molar-refractivity contribution in [1.29, 1.82) is 0 Å². The van der Waals surface area contributed by atoms with Crippen molar-refractivity contribution < 1.29 is 13.2 Å². The zero-order valence-electron chi connectivity index (χ0n) is 9.93. The summed E-state index contributed by atoms with van der Waals surface area (Å²) in [6.45, 7) is 0.00578. The number of nitrogens with two attached hydrogens (primary N) is 2. The Hall–Kier alpha value is -1.80. The molecule has 18 heavy (non-hydrogen) atoms. The second-order valence-corrected chi connectivity index (χ2v) is 5.67. The Labute approximate surface area is 106 Å². The predicted molar refractivity (Wildman–Crippen MR) is 70.4 cm³/mol. The fourth-order valence-corrected chi connectivity index (χ4v) is 1.86. The van der Waals surface area contributed by atoms with Crippen LogP contribution in [-0.4, -0.2) is 33.7 Å². The van der Waals surface area contributed by atoms with Crippen molar-refractivity contribution in [1.82, 2.24) is 10.0 Å². The number of anilines is 2. The van der Waals surface area contributed by atoms with Crippen LogP contribution in [0.1, 0.15) is 10.4 Å². The summed E-state index contributed by atoms with van der Waals surface area (Å²) in [4.78, 5) is 11.7. The van der Waals surface area contributed by atoms with E-state index in [9.17, 15) is 13.2 Å². The van der Waals surface area contributed by atoms with Crippen LogP contribution in [0.25, 0.3) is 0 Å². The molecule has 1 amide bonds. The minimum Gasteiger partial charge on any atom is -0.399 e. The molecule has 0 aromatic heterocycles. The molecule has 0 bridgehead atoms. The van der Waals surface area contributed by atoms with E-state index < -0.39 is 15.9 Å². The monoisotopic (exact) mass is 272 g/mol. The van der Waals surface area contributed by atoms with Crippen LogP contribution in [0.4, 0.5) is 11.4 Å². The first-order valence-electron chi connectivity index (χ1n) is 5.20. The molecule has 0 fully saturated rings. The van der Waals surface area contributed by atoms with Gasteiger partial charge in [0.1, 0.15) is 0 Å². The molecule has 1 rings (SSSR count). The number of carbonyl (C=O) groups is 1. The average molecular weight is 272 g/mol. The molecule has 0 aliphatic carbocycles. The minimum absolute atomic E-state index is 0.00578. The average Bonchev–Trinajstić information content (AvgIpc) is 2.28. The van der Waals surface area contributed by atoms with Gasteiger partial charge < -0.3 is 16.8 Å². The number of hydrogen-bond acceptors (Lipinski definition) is 5. The number of nitrogen functional groups attached to an aromatic ring is 2. The fourth-order valence-electron chi connectivity index (χ4n) is 1.28. The number of rotatable bonds is 5. The smallest absolute Gasteiger partial charge is 0.253 e. The van der Waals surface area contributed by atoms with Crippen molar-refractivity contribution >= 4 is 27.3 Å². The first kappa shape index (κ1) is 14.3. The molecule has 0 radical (unpaired) electrons. The standard InChI is InChI=1S/C10H16N4O3S/c1-13-18(16,17)5-4-14-10(15)8-3-2-7(11)6-9(8)12/h2-3,6,13H,4-5,11-12H2,1H3,(H,14,15). The molecule has 0 atom stereocenters. The number of hydrogen-bond donors (Lipinski definition) is 4. The van der Waals surface area contributed by atoms with Gasteiger partial charge in [0, 0.05) is 17.9 Å². The third-order valence-electron chi connectivity index (χ3n) is 2.29. The lowest BCUT2D eigenvalue weighted by atomic mass is 10.1. The summed E-state index contributed by atoms with van der Waals surface area (Å²) in [7, 11) is -2.02. The van der Waals surface area contributed by atoms with E-state index in [1.807, 2.05) is 0 Å². The normalized spacial score (nSPS) is 11.2. The maximum atomic E-state index is 11.7. The summed E-state index contributed by atoms with van der Waals surface area (Å²) in [5, 5.41) is 2.47. The van der Waals surface area contributed by atoms with Gasteiger partial charge in [-0.2, -0.15) is 0 Å². The Morgan fingerprint density at radius 1 is 1.33 bits per heavy atom. The van der Waals surface area contributed by atoms with Gasteiger partial charge in [0.2, 0.25) is 10.0 Å². The van der Waals surface area contributed by atoms with Crippen molar-refractivity contribution in [3.05, 3.63) is 23.8 Å². The zero-order chi connectivity index (χ0) is 13.8. The van der Waals surface area contributed by atoms with Gasteiger partial charge in [-0.3, -0.25) is 4.79 Å². The second kappa shape index (κ2) is 5.69. The van der Waals surface area contributed by atoms with E-state index in [2.05, 4.69) is 10.0 Å².